The minimum absolute atomic E-state index is 0.0972. The van der Waals surface area contributed by atoms with E-state index >= 15 is 0 Å². The van der Waals surface area contributed by atoms with Gasteiger partial charge in [-0.2, -0.15) is 0 Å². The van der Waals surface area contributed by atoms with Gasteiger partial charge < -0.3 is 5.32 Å². The lowest BCUT2D eigenvalue weighted by molar-refractivity contribution is -0.121. The van der Waals surface area contributed by atoms with E-state index in [4.69, 9.17) is 0 Å². The quantitative estimate of drug-likeness (QED) is 0.769. The van der Waals surface area contributed by atoms with Crippen LogP contribution in [-0.2, 0) is 14.8 Å². The summed E-state index contributed by atoms with van der Waals surface area (Å²) in [4.78, 5) is 11.9. The molecule has 0 fully saturated rings. The molecule has 1 atom stereocenters. The van der Waals surface area contributed by atoms with Crippen molar-refractivity contribution in [3.8, 4) is 0 Å². The summed E-state index contributed by atoms with van der Waals surface area (Å²) in [7, 11) is -3.56. The van der Waals surface area contributed by atoms with Crippen molar-refractivity contribution in [3.05, 3.63) is 29.3 Å². The molecule has 0 heterocycles. The van der Waals surface area contributed by atoms with Gasteiger partial charge in [0.2, 0.25) is 15.9 Å². The summed E-state index contributed by atoms with van der Waals surface area (Å²) in [6.07, 6.45) is 2.05. The molecular formula is C16H26N2O3S. The van der Waals surface area contributed by atoms with Gasteiger partial charge >= 0.3 is 0 Å². The van der Waals surface area contributed by atoms with E-state index in [1.807, 2.05) is 20.8 Å². The average Bonchev–Trinajstić information content (AvgIpc) is 2.41. The second-order valence-electron chi connectivity index (χ2n) is 5.65. The Morgan fingerprint density at radius 1 is 1.23 bits per heavy atom. The number of benzene rings is 1. The van der Waals surface area contributed by atoms with E-state index in [2.05, 4.69) is 17.0 Å². The van der Waals surface area contributed by atoms with Gasteiger partial charge in [0.1, 0.15) is 0 Å². The Bertz CT molecular complexity index is 612. The van der Waals surface area contributed by atoms with E-state index in [-0.39, 0.29) is 29.8 Å². The summed E-state index contributed by atoms with van der Waals surface area (Å²) in [6.45, 7) is 7.90. The van der Waals surface area contributed by atoms with Crippen molar-refractivity contribution in [1.29, 1.82) is 0 Å². The molecule has 5 nitrogen and oxygen atoms in total. The third kappa shape index (κ3) is 5.77. The fourth-order valence-electron chi connectivity index (χ4n) is 2.12. The van der Waals surface area contributed by atoms with Crippen LogP contribution in [0.1, 0.15) is 44.2 Å². The van der Waals surface area contributed by atoms with Gasteiger partial charge in [-0.25, -0.2) is 13.1 Å². The lowest BCUT2D eigenvalue weighted by Crippen LogP contribution is -2.35. The van der Waals surface area contributed by atoms with E-state index < -0.39 is 10.0 Å². The van der Waals surface area contributed by atoms with Crippen molar-refractivity contribution in [1.82, 2.24) is 10.0 Å². The first kappa shape index (κ1) is 18.6. The van der Waals surface area contributed by atoms with Gasteiger partial charge in [0.25, 0.3) is 0 Å². The van der Waals surface area contributed by atoms with Gasteiger partial charge in [-0.15, -0.1) is 0 Å². The van der Waals surface area contributed by atoms with Gasteiger partial charge in [-0.3, -0.25) is 4.79 Å². The number of amides is 1. The summed E-state index contributed by atoms with van der Waals surface area (Å²) in [5.74, 6) is -0.135. The zero-order valence-corrected chi connectivity index (χ0v) is 14.6. The molecule has 124 valence electrons. The topological polar surface area (TPSA) is 75.3 Å². The number of carbonyl (C=O) groups excluding carboxylic acids is 1. The molecule has 1 aromatic rings. The summed E-state index contributed by atoms with van der Waals surface area (Å²) in [5.41, 5.74) is 1.97. The van der Waals surface area contributed by atoms with Crippen molar-refractivity contribution in [2.24, 2.45) is 0 Å². The van der Waals surface area contributed by atoms with Gasteiger partial charge in [0.05, 0.1) is 4.90 Å². The number of hydrogen-bond acceptors (Lipinski definition) is 3. The fourth-order valence-corrected chi connectivity index (χ4v) is 3.23. The van der Waals surface area contributed by atoms with Crippen LogP contribution in [0.2, 0.25) is 0 Å². The smallest absolute Gasteiger partial charge is 0.240 e. The summed E-state index contributed by atoms with van der Waals surface area (Å²) in [5, 5.41) is 2.85. The molecule has 0 radical (unpaired) electrons. The highest BCUT2D eigenvalue weighted by atomic mass is 32.2. The number of aryl methyl sites for hydroxylation is 2. The molecule has 22 heavy (non-hydrogen) atoms. The molecule has 0 aliphatic rings. The van der Waals surface area contributed by atoms with Gasteiger partial charge in [-0.1, -0.05) is 19.4 Å². The normalized spacial score (nSPS) is 12.9. The highest BCUT2D eigenvalue weighted by molar-refractivity contribution is 7.89. The third-order valence-electron chi connectivity index (χ3n) is 3.56. The molecule has 1 rings (SSSR count). The number of carbonyl (C=O) groups is 1. The van der Waals surface area contributed by atoms with Crippen LogP contribution in [0.5, 0.6) is 0 Å². The lowest BCUT2D eigenvalue weighted by atomic mass is 10.1. The van der Waals surface area contributed by atoms with Crippen LogP contribution in [0, 0.1) is 13.8 Å². The lowest BCUT2D eigenvalue weighted by Gasteiger charge is -2.13. The Morgan fingerprint density at radius 2 is 1.91 bits per heavy atom. The summed E-state index contributed by atoms with van der Waals surface area (Å²) in [6, 6.07) is 5.12. The predicted octanol–water partition coefficient (Wildman–Crippen LogP) is 2.28. The van der Waals surface area contributed by atoms with Crippen molar-refractivity contribution >= 4 is 15.9 Å². The van der Waals surface area contributed by atoms with Crippen LogP contribution < -0.4 is 10.0 Å². The van der Waals surface area contributed by atoms with Gasteiger partial charge in [-0.05, 0) is 50.5 Å². The molecule has 1 unspecified atom stereocenters. The van der Waals surface area contributed by atoms with E-state index in [1.165, 1.54) is 0 Å². The Hall–Kier alpha value is -1.40. The Morgan fingerprint density at radius 3 is 2.50 bits per heavy atom. The Labute approximate surface area is 133 Å². The molecule has 1 aromatic carbocycles. The number of rotatable bonds is 8. The second kappa shape index (κ2) is 8.29. The number of sulfonamides is 1. The molecule has 2 N–H and O–H groups in total. The van der Waals surface area contributed by atoms with Crippen LogP contribution in [0.3, 0.4) is 0 Å². The summed E-state index contributed by atoms with van der Waals surface area (Å²) < 4.78 is 26.8. The molecule has 0 saturated carbocycles. The molecule has 1 amide bonds. The van der Waals surface area contributed by atoms with Crippen molar-refractivity contribution < 1.29 is 13.2 Å². The summed E-state index contributed by atoms with van der Waals surface area (Å²) >= 11 is 0. The fraction of sp³-hybridized carbons (Fsp3) is 0.562. The molecule has 6 heteroatoms. The first-order chi connectivity index (χ1) is 10.3. The SMILES string of the molecule is CCCC(C)NC(=O)CCNS(=O)(=O)c1ccc(C)c(C)c1. The minimum atomic E-state index is -3.56. The molecule has 0 aliphatic carbocycles. The maximum Gasteiger partial charge on any atom is 0.240 e. The van der Waals surface area contributed by atoms with E-state index in [0.717, 1.165) is 24.0 Å². The molecular weight excluding hydrogens is 300 g/mol. The predicted molar refractivity (Wildman–Crippen MR) is 88.2 cm³/mol. The zero-order chi connectivity index (χ0) is 16.8. The highest BCUT2D eigenvalue weighted by Crippen LogP contribution is 2.14. The zero-order valence-electron chi connectivity index (χ0n) is 13.8. The molecule has 0 aromatic heterocycles. The van der Waals surface area contributed by atoms with E-state index in [1.54, 1.807) is 18.2 Å². The number of nitrogens with one attached hydrogen (secondary N) is 2. The van der Waals surface area contributed by atoms with Gasteiger partial charge in [0, 0.05) is 19.0 Å². The molecule has 0 bridgehead atoms. The van der Waals surface area contributed by atoms with E-state index in [9.17, 15) is 13.2 Å². The van der Waals surface area contributed by atoms with Crippen molar-refractivity contribution in [3.63, 3.8) is 0 Å². The standard InChI is InChI=1S/C16H26N2O3S/c1-5-6-14(4)18-16(19)9-10-17-22(20,21)15-8-7-12(2)13(3)11-15/h7-8,11,14,17H,5-6,9-10H2,1-4H3,(H,18,19). The minimum Gasteiger partial charge on any atom is -0.354 e. The maximum absolute atomic E-state index is 12.2. The molecule has 0 aliphatic heterocycles. The van der Waals surface area contributed by atoms with Crippen molar-refractivity contribution in [2.75, 3.05) is 6.54 Å². The largest absolute Gasteiger partial charge is 0.354 e. The first-order valence-corrected chi connectivity index (χ1v) is 9.11. The van der Waals surface area contributed by atoms with Crippen LogP contribution in [0.25, 0.3) is 0 Å². The number of hydrogen-bond donors (Lipinski definition) is 2. The molecule has 0 saturated heterocycles. The van der Waals surface area contributed by atoms with Crippen LogP contribution in [0.4, 0.5) is 0 Å². The van der Waals surface area contributed by atoms with Crippen LogP contribution >= 0.6 is 0 Å². The van der Waals surface area contributed by atoms with Crippen molar-refractivity contribution in [2.45, 2.75) is 57.9 Å². The Kier molecular flexibility index (Phi) is 7.03. The van der Waals surface area contributed by atoms with Crippen LogP contribution in [0.15, 0.2) is 23.1 Å². The monoisotopic (exact) mass is 326 g/mol. The average molecular weight is 326 g/mol. The van der Waals surface area contributed by atoms with Gasteiger partial charge in [0.15, 0.2) is 0 Å². The third-order valence-corrected chi connectivity index (χ3v) is 5.02. The Balaban J connectivity index is 2.52. The second-order valence-corrected chi connectivity index (χ2v) is 7.42. The van der Waals surface area contributed by atoms with E-state index in [0.29, 0.717) is 0 Å². The van der Waals surface area contributed by atoms with Crippen LogP contribution in [-0.4, -0.2) is 26.9 Å². The molecule has 0 spiro atoms. The maximum atomic E-state index is 12.2. The highest BCUT2D eigenvalue weighted by Gasteiger charge is 2.15. The first-order valence-electron chi connectivity index (χ1n) is 7.62.